The molecule has 2 aromatic carbocycles. The largest absolute Gasteiger partial charge is 0.339 e. The zero-order chi connectivity index (χ0) is 25.4. The second-order valence-corrected chi connectivity index (χ2v) is 12.6. The molecule has 0 aliphatic carbocycles. The van der Waals surface area contributed by atoms with Gasteiger partial charge in [0.15, 0.2) is 0 Å². The van der Waals surface area contributed by atoms with E-state index in [0.717, 1.165) is 17.5 Å². The number of rotatable bonds is 5. The molecule has 11 heteroatoms. The fraction of sp³-hybridized carbons (Fsp3) is 0.320. The number of fused-ring (bicyclic) bond motifs is 1. The number of sulfonamides is 1. The normalized spacial score (nSPS) is 19.3. The van der Waals surface area contributed by atoms with Crippen LogP contribution < -0.4 is 0 Å². The third kappa shape index (κ3) is 5.05. The van der Waals surface area contributed by atoms with Gasteiger partial charge in [0, 0.05) is 42.6 Å². The minimum atomic E-state index is -3.83. The third-order valence-electron chi connectivity index (χ3n) is 6.67. The second kappa shape index (κ2) is 10.4. The van der Waals surface area contributed by atoms with Crippen molar-refractivity contribution >= 4 is 50.5 Å². The van der Waals surface area contributed by atoms with Gasteiger partial charge in [-0.1, -0.05) is 35.3 Å². The summed E-state index contributed by atoms with van der Waals surface area (Å²) in [6.07, 6.45) is 0.832. The standard InChI is InChI=1S/C25H24Cl2FN3O3S2/c26-18-4-5-21(27)23(15-18)36(33,34)31-11-9-29(10-12-31)24(32)16-30-8-6-22-20(7-13-35-22)25(30)17-2-1-3-19(28)14-17/h1-5,7,13-15,25H,6,8-12,16H2. The quantitative estimate of drug-likeness (QED) is 0.449. The number of hydrogen-bond donors (Lipinski definition) is 0. The molecule has 0 N–H and O–H groups in total. The van der Waals surface area contributed by atoms with Crippen molar-refractivity contribution in [2.24, 2.45) is 0 Å². The lowest BCUT2D eigenvalue weighted by Gasteiger charge is -2.39. The lowest BCUT2D eigenvalue weighted by Crippen LogP contribution is -2.53. The van der Waals surface area contributed by atoms with E-state index in [1.165, 1.54) is 39.5 Å². The van der Waals surface area contributed by atoms with Crippen LogP contribution in [0.3, 0.4) is 0 Å². The number of thiophene rings is 1. The average molecular weight is 569 g/mol. The van der Waals surface area contributed by atoms with Crippen molar-refractivity contribution in [2.75, 3.05) is 39.3 Å². The molecule has 1 amide bonds. The Morgan fingerprint density at radius 3 is 2.56 bits per heavy atom. The minimum Gasteiger partial charge on any atom is -0.339 e. The van der Waals surface area contributed by atoms with Gasteiger partial charge in [0.1, 0.15) is 10.7 Å². The van der Waals surface area contributed by atoms with E-state index in [1.54, 1.807) is 22.3 Å². The van der Waals surface area contributed by atoms with Gasteiger partial charge in [0.25, 0.3) is 0 Å². The molecule has 6 nitrogen and oxygen atoms in total. The summed E-state index contributed by atoms with van der Waals surface area (Å²) in [5, 5.41) is 2.43. The maximum absolute atomic E-state index is 14.0. The third-order valence-corrected chi connectivity index (χ3v) is 10.3. The van der Waals surface area contributed by atoms with Crippen LogP contribution in [0.2, 0.25) is 10.0 Å². The number of benzene rings is 2. The summed E-state index contributed by atoms with van der Waals surface area (Å²) < 4.78 is 41.6. The first-order valence-electron chi connectivity index (χ1n) is 11.5. The maximum Gasteiger partial charge on any atom is 0.244 e. The molecule has 2 aliphatic heterocycles. The Morgan fingerprint density at radius 1 is 1.03 bits per heavy atom. The van der Waals surface area contributed by atoms with E-state index in [-0.39, 0.29) is 65.4 Å². The number of amides is 1. The van der Waals surface area contributed by atoms with Gasteiger partial charge in [0.2, 0.25) is 15.9 Å². The Morgan fingerprint density at radius 2 is 1.81 bits per heavy atom. The van der Waals surface area contributed by atoms with Crippen LogP contribution in [-0.4, -0.2) is 67.7 Å². The van der Waals surface area contributed by atoms with Gasteiger partial charge < -0.3 is 4.90 Å². The predicted molar refractivity (Wildman–Crippen MR) is 140 cm³/mol. The molecule has 0 saturated carbocycles. The first kappa shape index (κ1) is 25.6. The highest BCUT2D eigenvalue weighted by Crippen LogP contribution is 2.38. The number of hydrogen-bond acceptors (Lipinski definition) is 5. The van der Waals surface area contributed by atoms with Crippen molar-refractivity contribution in [2.45, 2.75) is 17.4 Å². The van der Waals surface area contributed by atoms with Crippen LogP contribution in [-0.2, 0) is 21.2 Å². The first-order chi connectivity index (χ1) is 17.2. The average Bonchev–Trinajstić information content (AvgIpc) is 3.34. The predicted octanol–water partition coefficient (Wildman–Crippen LogP) is 4.67. The lowest BCUT2D eigenvalue weighted by atomic mass is 9.93. The van der Waals surface area contributed by atoms with E-state index in [0.29, 0.717) is 6.54 Å². The van der Waals surface area contributed by atoms with E-state index < -0.39 is 10.0 Å². The van der Waals surface area contributed by atoms with Crippen molar-refractivity contribution in [3.63, 3.8) is 0 Å². The molecule has 1 saturated heterocycles. The van der Waals surface area contributed by atoms with Gasteiger partial charge in [-0.3, -0.25) is 9.69 Å². The van der Waals surface area contributed by atoms with E-state index in [2.05, 4.69) is 11.0 Å². The summed E-state index contributed by atoms with van der Waals surface area (Å²) in [6, 6.07) is 12.7. The summed E-state index contributed by atoms with van der Waals surface area (Å²) in [5.74, 6) is -0.383. The molecule has 1 fully saturated rings. The summed E-state index contributed by atoms with van der Waals surface area (Å²) in [5.41, 5.74) is 1.93. The molecule has 5 rings (SSSR count). The fourth-order valence-corrected chi connectivity index (χ4v) is 7.93. The van der Waals surface area contributed by atoms with Crippen molar-refractivity contribution in [1.82, 2.24) is 14.1 Å². The van der Waals surface area contributed by atoms with Crippen molar-refractivity contribution < 1.29 is 17.6 Å². The molecule has 1 aromatic heterocycles. The van der Waals surface area contributed by atoms with Crippen molar-refractivity contribution in [3.05, 3.63) is 85.8 Å². The Bertz CT molecular complexity index is 1390. The Labute approximate surface area is 223 Å². The summed E-state index contributed by atoms with van der Waals surface area (Å²) in [6.45, 7) is 1.74. The van der Waals surface area contributed by atoms with Crippen LogP contribution in [0.1, 0.15) is 22.0 Å². The Hall–Kier alpha value is -2.01. The van der Waals surface area contributed by atoms with E-state index in [4.69, 9.17) is 23.2 Å². The maximum atomic E-state index is 14.0. The molecule has 3 heterocycles. The SMILES string of the molecule is O=C(CN1CCc2sccc2C1c1cccc(F)c1)N1CCN(S(=O)(=O)c2cc(Cl)ccc2Cl)CC1. The zero-order valence-corrected chi connectivity index (χ0v) is 22.4. The van der Waals surface area contributed by atoms with Crippen LogP contribution in [0.15, 0.2) is 58.8 Å². The zero-order valence-electron chi connectivity index (χ0n) is 19.2. The van der Waals surface area contributed by atoms with Crippen molar-refractivity contribution in [1.29, 1.82) is 0 Å². The molecule has 0 spiro atoms. The summed E-state index contributed by atoms with van der Waals surface area (Å²) in [7, 11) is -3.83. The van der Waals surface area contributed by atoms with Crippen LogP contribution in [0, 0.1) is 5.82 Å². The van der Waals surface area contributed by atoms with Crippen LogP contribution in [0.4, 0.5) is 4.39 Å². The van der Waals surface area contributed by atoms with Gasteiger partial charge in [-0.15, -0.1) is 11.3 Å². The molecule has 0 bridgehead atoms. The summed E-state index contributed by atoms with van der Waals surface area (Å²) in [4.78, 5) is 18.3. The van der Waals surface area contributed by atoms with Gasteiger partial charge >= 0.3 is 0 Å². The highest BCUT2D eigenvalue weighted by molar-refractivity contribution is 7.89. The number of nitrogens with zero attached hydrogens (tertiary/aromatic N) is 3. The Kier molecular flexibility index (Phi) is 7.40. The van der Waals surface area contributed by atoms with E-state index in [9.17, 15) is 17.6 Å². The van der Waals surface area contributed by atoms with Gasteiger partial charge in [-0.25, -0.2) is 12.8 Å². The number of carbonyl (C=O) groups excluding carboxylic acids is 1. The smallest absolute Gasteiger partial charge is 0.244 e. The number of piperazine rings is 1. The second-order valence-electron chi connectivity index (χ2n) is 8.84. The van der Waals surface area contributed by atoms with Crippen molar-refractivity contribution in [3.8, 4) is 0 Å². The topological polar surface area (TPSA) is 60.9 Å². The van der Waals surface area contributed by atoms with Gasteiger partial charge in [0.05, 0.1) is 17.6 Å². The van der Waals surface area contributed by atoms with Crippen LogP contribution in [0.25, 0.3) is 0 Å². The molecule has 1 unspecified atom stereocenters. The molecule has 0 radical (unpaired) electrons. The minimum absolute atomic E-state index is 0.0331. The first-order valence-corrected chi connectivity index (χ1v) is 14.6. The molecule has 3 aromatic rings. The van der Waals surface area contributed by atoms with Gasteiger partial charge in [-0.05, 0) is 59.3 Å². The fourth-order valence-electron chi connectivity index (χ4n) is 4.87. The summed E-state index contributed by atoms with van der Waals surface area (Å²) >= 11 is 13.8. The molecular formula is C25H24Cl2FN3O3S2. The molecule has 2 aliphatic rings. The molecule has 190 valence electrons. The van der Waals surface area contributed by atoms with Gasteiger partial charge in [-0.2, -0.15) is 4.31 Å². The lowest BCUT2D eigenvalue weighted by molar-refractivity contribution is -0.134. The highest BCUT2D eigenvalue weighted by atomic mass is 35.5. The van der Waals surface area contributed by atoms with Crippen LogP contribution in [0.5, 0.6) is 0 Å². The van der Waals surface area contributed by atoms with E-state index >= 15 is 0 Å². The monoisotopic (exact) mass is 567 g/mol. The van der Waals surface area contributed by atoms with Crippen LogP contribution >= 0.6 is 34.5 Å². The Balaban J connectivity index is 1.28. The molecular weight excluding hydrogens is 544 g/mol. The number of carbonyl (C=O) groups is 1. The highest BCUT2D eigenvalue weighted by Gasteiger charge is 2.35. The number of halogens is 3. The van der Waals surface area contributed by atoms with E-state index in [1.807, 2.05) is 11.4 Å². The molecule has 36 heavy (non-hydrogen) atoms. The molecule has 1 atom stereocenters.